The lowest BCUT2D eigenvalue weighted by Gasteiger charge is -2.34. The largest absolute Gasteiger partial charge is 0.453 e. The summed E-state index contributed by atoms with van der Waals surface area (Å²) in [7, 11) is -2.36. The highest BCUT2D eigenvalue weighted by Gasteiger charge is 2.34. The van der Waals surface area contributed by atoms with Crippen LogP contribution in [-0.2, 0) is 19.6 Å². The topological polar surface area (TPSA) is 97.2 Å². The van der Waals surface area contributed by atoms with Gasteiger partial charge in [0, 0.05) is 0 Å². The molecular formula is C19H30N3O5S+. The number of nitrogens with zero attached hydrogens (tertiary/aromatic N) is 1. The molecule has 2 amide bonds. The monoisotopic (exact) mass is 412 g/mol. The van der Waals surface area contributed by atoms with Gasteiger partial charge < -0.3 is 9.64 Å². The zero-order chi connectivity index (χ0) is 20.9. The molecule has 0 saturated carbocycles. The molecule has 0 aromatic heterocycles. The molecule has 0 bridgehead atoms. The number of carbonyl (C=O) groups excluding carboxylic acids is 2. The third-order valence-corrected chi connectivity index (χ3v) is 7.39. The highest BCUT2D eigenvalue weighted by Crippen LogP contribution is 2.22. The highest BCUT2D eigenvalue weighted by atomic mass is 32.2. The molecule has 0 spiro atoms. The van der Waals surface area contributed by atoms with Crippen molar-refractivity contribution in [2.24, 2.45) is 0 Å². The molecule has 0 unspecified atom stereocenters. The number of hydrogen-bond donors (Lipinski definition) is 2. The fraction of sp³-hybridized carbons (Fsp3) is 0.579. The van der Waals surface area contributed by atoms with E-state index in [2.05, 4.69) is 23.9 Å². The van der Waals surface area contributed by atoms with Gasteiger partial charge in [-0.05, 0) is 37.0 Å². The Kier molecular flexibility index (Phi) is 7.56. The number of benzene rings is 1. The summed E-state index contributed by atoms with van der Waals surface area (Å²) < 4.78 is 31.7. The van der Waals surface area contributed by atoms with E-state index >= 15 is 0 Å². The summed E-state index contributed by atoms with van der Waals surface area (Å²) in [5.41, 5.74) is 1.13. The molecule has 9 heteroatoms. The number of imide groups is 1. The normalized spacial score (nSPS) is 18.3. The highest BCUT2D eigenvalue weighted by molar-refractivity contribution is 7.89. The predicted molar refractivity (Wildman–Crippen MR) is 105 cm³/mol. The molecule has 1 heterocycles. The lowest BCUT2D eigenvalue weighted by molar-refractivity contribution is -0.917. The molecular weight excluding hydrogens is 382 g/mol. The minimum absolute atomic E-state index is 0.291. The maximum atomic E-state index is 12.9. The molecule has 28 heavy (non-hydrogen) atoms. The van der Waals surface area contributed by atoms with Crippen molar-refractivity contribution < 1.29 is 27.6 Å². The number of amides is 2. The number of sulfonamides is 1. The maximum absolute atomic E-state index is 12.9. The van der Waals surface area contributed by atoms with Crippen LogP contribution in [0.2, 0.25) is 0 Å². The molecule has 1 saturated heterocycles. The molecule has 156 valence electrons. The lowest BCUT2D eigenvalue weighted by Crippen LogP contribution is -3.19. The number of alkyl carbamates (subject to hydrolysis) is 1. The Balaban J connectivity index is 1.99. The number of rotatable bonds is 6. The van der Waals surface area contributed by atoms with Gasteiger partial charge in [-0.15, -0.1) is 0 Å². The van der Waals surface area contributed by atoms with Crippen LogP contribution in [0.3, 0.4) is 0 Å². The number of nitrogens with one attached hydrogen (secondary N) is 2. The Labute approximate surface area is 166 Å². The van der Waals surface area contributed by atoms with Crippen LogP contribution in [0, 0.1) is 0 Å². The summed E-state index contributed by atoms with van der Waals surface area (Å²) in [4.78, 5) is 24.5. The average molecular weight is 413 g/mol. The molecule has 1 aromatic carbocycles. The second-order valence-electron chi connectivity index (χ2n) is 7.14. The van der Waals surface area contributed by atoms with E-state index in [0.717, 1.165) is 16.9 Å². The lowest BCUT2D eigenvalue weighted by atomic mass is 9.99. The summed E-state index contributed by atoms with van der Waals surface area (Å²) in [5, 5.41) is 2.16. The zero-order valence-electron chi connectivity index (χ0n) is 16.9. The van der Waals surface area contributed by atoms with Crippen molar-refractivity contribution in [3.63, 3.8) is 0 Å². The number of methoxy groups -OCH3 is 1. The molecule has 2 N–H and O–H groups in total. The number of hydrogen-bond acceptors (Lipinski definition) is 5. The van der Waals surface area contributed by atoms with Gasteiger partial charge in [-0.3, -0.25) is 10.1 Å². The Morgan fingerprint density at radius 1 is 1.18 bits per heavy atom. The smallest absolute Gasteiger partial charge is 0.413 e. The summed E-state index contributed by atoms with van der Waals surface area (Å²) in [6.07, 6.45) is 0.205. The van der Waals surface area contributed by atoms with Gasteiger partial charge >= 0.3 is 6.09 Å². The van der Waals surface area contributed by atoms with Gasteiger partial charge in [0.25, 0.3) is 5.91 Å². The van der Waals surface area contributed by atoms with Crippen LogP contribution in [0.4, 0.5) is 4.79 Å². The van der Waals surface area contributed by atoms with E-state index in [1.165, 1.54) is 11.4 Å². The molecule has 1 aliphatic rings. The van der Waals surface area contributed by atoms with Crippen molar-refractivity contribution >= 4 is 22.0 Å². The Bertz CT molecular complexity index is 786. The number of ether oxygens (including phenoxy) is 1. The first kappa shape index (κ1) is 22.3. The predicted octanol–water partition coefficient (Wildman–Crippen LogP) is 0.360. The van der Waals surface area contributed by atoms with Crippen LogP contribution in [0.15, 0.2) is 29.2 Å². The van der Waals surface area contributed by atoms with Crippen LogP contribution in [0.25, 0.3) is 0 Å². The van der Waals surface area contributed by atoms with Gasteiger partial charge in [0.1, 0.15) is 0 Å². The van der Waals surface area contributed by atoms with Crippen LogP contribution in [0.5, 0.6) is 0 Å². The van der Waals surface area contributed by atoms with Gasteiger partial charge in [-0.25, -0.2) is 13.2 Å². The fourth-order valence-corrected chi connectivity index (χ4v) is 4.69. The van der Waals surface area contributed by atoms with Gasteiger partial charge in [-0.1, -0.05) is 26.0 Å². The minimum atomic E-state index is -3.56. The van der Waals surface area contributed by atoms with Crippen LogP contribution < -0.4 is 10.2 Å². The van der Waals surface area contributed by atoms with E-state index in [1.54, 1.807) is 19.1 Å². The average Bonchev–Trinajstić information content (AvgIpc) is 2.72. The first-order chi connectivity index (χ1) is 13.2. The van der Waals surface area contributed by atoms with Crippen LogP contribution >= 0.6 is 0 Å². The summed E-state index contributed by atoms with van der Waals surface area (Å²) >= 11 is 0. The summed E-state index contributed by atoms with van der Waals surface area (Å²) in [6, 6.07) is 6.62. The van der Waals surface area contributed by atoms with E-state index in [0.29, 0.717) is 37.0 Å². The molecule has 2 rings (SSSR count). The molecule has 1 aliphatic heterocycles. The Hall–Kier alpha value is -1.97. The van der Waals surface area contributed by atoms with E-state index < -0.39 is 28.1 Å². The summed E-state index contributed by atoms with van der Waals surface area (Å²) in [6.45, 7) is 7.54. The van der Waals surface area contributed by atoms with Crippen LogP contribution in [-0.4, -0.2) is 64.1 Å². The van der Waals surface area contributed by atoms with Gasteiger partial charge in [0.05, 0.1) is 38.2 Å². The van der Waals surface area contributed by atoms with E-state index in [4.69, 9.17) is 0 Å². The third-order valence-electron chi connectivity index (χ3n) is 5.48. The minimum Gasteiger partial charge on any atom is -0.453 e. The van der Waals surface area contributed by atoms with Crippen molar-refractivity contribution in [3.8, 4) is 0 Å². The van der Waals surface area contributed by atoms with Crippen molar-refractivity contribution in [2.45, 2.75) is 44.0 Å². The second kappa shape index (κ2) is 9.49. The maximum Gasteiger partial charge on any atom is 0.413 e. The molecule has 1 aromatic rings. The van der Waals surface area contributed by atoms with Crippen molar-refractivity contribution in [1.82, 2.24) is 9.62 Å². The quantitative estimate of drug-likeness (QED) is 0.703. The fourth-order valence-electron chi connectivity index (χ4n) is 3.25. The number of piperazine rings is 1. The molecule has 2 atom stereocenters. The molecule has 0 aliphatic carbocycles. The van der Waals surface area contributed by atoms with Crippen molar-refractivity contribution in [2.75, 3.05) is 33.3 Å². The first-order valence-electron chi connectivity index (χ1n) is 9.54. The Morgan fingerprint density at radius 2 is 1.75 bits per heavy atom. The van der Waals surface area contributed by atoms with Gasteiger partial charge in [0.2, 0.25) is 10.0 Å². The zero-order valence-corrected chi connectivity index (χ0v) is 17.7. The van der Waals surface area contributed by atoms with Crippen LogP contribution in [0.1, 0.15) is 38.7 Å². The van der Waals surface area contributed by atoms with Crippen molar-refractivity contribution in [3.05, 3.63) is 29.8 Å². The Morgan fingerprint density at radius 3 is 2.25 bits per heavy atom. The standard InChI is InChI=1S/C19H29N3O5S/c1-5-14(2)16-6-8-17(9-7-16)28(25,26)22-12-10-21(11-13-22)15(3)18(23)20-19(24)27-4/h6-9,14-15H,5,10-13H2,1-4H3,(H,20,23,24)/p+1/t14-,15+/m1/s1. The van der Waals surface area contributed by atoms with Gasteiger partial charge in [-0.2, -0.15) is 4.31 Å². The molecule has 1 fully saturated rings. The number of quaternary nitrogens is 1. The number of carbonyl (C=O) groups is 2. The van der Waals surface area contributed by atoms with E-state index in [-0.39, 0.29) is 0 Å². The molecule has 0 radical (unpaired) electrons. The SMILES string of the molecule is CC[C@@H](C)c1ccc(S(=O)(=O)N2CC[NH+]([C@@H](C)C(=O)NC(=O)OC)CC2)cc1. The molecule has 8 nitrogen and oxygen atoms in total. The van der Waals surface area contributed by atoms with E-state index in [9.17, 15) is 18.0 Å². The summed E-state index contributed by atoms with van der Waals surface area (Å²) in [5.74, 6) is -0.0414. The first-order valence-corrected chi connectivity index (χ1v) is 11.0. The second-order valence-corrected chi connectivity index (χ2v) is 9.08. The third kappa shape index (κ3) is 5.09. The van der Waals surface area contributed by atoms with E-state index in [1.807, 2.05) is 12.1 Å². The van der Waals surface area contributed by atoms with Crippen molar-refractivity contribution in [1.29, 1.82) is 0 Å². The van der Waals surface area contributed by atoms with Gasteiger partial charge in [0.15, 0.2) is 6.04 Å².